The van der Waals surface area contributed by atoms with Gasteiger partial charge in [-0.2, -0.15) is 0 Å². The summed E-state index contributed by atoms with van der Waals surface area (Å²) in [5.41, 5.74) is 1.43. The molecule has 0 radical (unpaired) electrons. The standard InChI is InChI=1S/C14H12INO2/c1-18-11-8-6-10(7-9-11)14(17)16-13-5-3-2-4-12(13)15/h2-9H,1H3,(H,16,17). The van der Waals surface area contributed by atoms with E-state index in [-0.39, 0.29) is 5.91 Å². The highest BCUT2D eigenvalue weighted by Crippen LogP contribution is 2.18. The summed E-state index contributed by atoms with van der Waals surface area (Å²) in [6.07, 6.45) is 0. The van der Waals surface area contributed by atoms with Crippen molar-refractivity contribution in [2.75, 3.05) is 12.4 Å². The van der Waals surface area contributed by atoms with E-state index >= 15 is 0 Å². The Kier molecular flexibility index (Phi) is 4.19. The van der Waals surface area contributed by atoms with E-state index in [4.69, 9.17) is 4.74 Å². The third-order valence-electron chi connectivity index (χ3n) is 2.47. The molecule has 92 valence electrons. The first kappa shape index (κ1) is 12.9. The van der Waals surface area contributed by atoms with Gasteiger partial charge in [-0.05, 0) is 59.0 Å². The minimum absolute atomic E-state index is 0.123. The molecule has 0 saturated carbocycles. The van der Waals surface area contributed by atoms with Crippen molar-refractivity contribution < 1.29 is 9.53 Å². The van der Waals surface area contributed by atoms with E-state index in [0.717, 1.165) is 15.0 Å². The van der Waals surface area contributed by atoms with Crippen LogP contribution in [-0.4, -0.2) is 13.0 Å². The topological polar surface area (TPSA) is 38.3 Å². The zero-order valence-corrected chi connectivity index (χ0v) is 12.0. The average molecular weight is 353 g/mol. The number of methoxy groups -OCH3 is 1. The fourth-order valence-electron chi connectivity index (χ4n) is 1.50. The van der Waals surface area contributed by atoms with Crippen LogP contribution in [0.2, 0.25) is 0 Å². The molecule has 2 aromatic carbocycles. The zero-order valence-electron chi connectivity index (χ0n) is 9.81. The zero-order chi connectivity index (χ0) is 13.0. The molecule has 2 aromatic rings. The van der Waals surface area contributed by atoms with Crippen molar-refractivity contribution in [3.63, 3.8) is 0 Å². The molecule has 0 atom stereocenters. The van der Waals surface area contributed by atoms with Crippen molar-refractivity contribution in [2.24, 2.45) is 0 Å². The molecule has 0 spiro atoms. The summed E-state index contributed by atoms with van der Waals surface area (Å²) in [5, 5.41) is 2.88. The minimum atomic E-state index is -0.123. The number of benzene rings is 2. The summed E-state index contributed by atoms with van der Waals surface area (Å²) in [4.78, 5) is 12.0. The molecule has 0 heterocycles. The van der Waals surface area contributed by atoms with Crippen molar-refractivity contribution in [3.8, 4) is 5.75 Å². The van der Waals surface area contributed by atoms with Gasteiger partial charge in [-0.15, -0.1) is 0 Å². The number of ether oxygens (including phenoxy) is 1. The predicted molar refractivity (Wildman–Crippen MR) is 80.1 cm³/mol. The molecular formula is C14H12INO2. The highest BCUT2D eigenvalue weighted by Gasteiger charge is 2.07. The van der Waals surface area contributed by atoms with E-state index in [0.29, 0.717) is 5.56 Å². The molecule has 1 amide bonds. The third-order valence-corrected chi connectivity index (χ3v) is 3.41. The lowest BCUT2D eigenvalue weighted by molar-refractivity contribution is 0.102. The molecule has 18 heavy (non-hydrogen) atoms. The number of halogens is 1. The first-order valence-electron chi connectivity index (χ1n) is 5.40. The van der Waals surface area contributed by atoms with Gasteiger partial charge < -0.3 is 10.1 Å². The fraction of sp³-hybridized carbons (Fsp3) is 0.0714. The van der Waals surface area contributed by atoms with Gasteiger partial charge in [0.2, 0.25) is 0 Å². The van der Waals surface area contributed by atoms with Gasteiger partial charge in [-0.1, -0.05) is 12.1 Å². The Labute approximate surface area is 119 Å². The summed E-state index contributed by atoms with van der Waals surface area (Å²) >= 11 is 2.19. The molecule has 0 aromatic heterocycles. The molecule has 0 bridgehead atoms. The number of amides is 1. The van der Waals surface area contributed by atoms with Gasteiger partial charge in [-0.3, -0.25) is 4.79 Å². The van der Waals surface area contributed by atoms with Crippen LogP contribution in [0.3, 0.4) is 0 Å². The van der Waals surface area contributed by atoms with E-state index in [2.05, 4.69) is 27.9 Å². The van der Waals surface area contributed by atoms with Crippen LogP contribution in [0.1, 0.15) is 10.4 Å². The monoisotopic (exact) mass is 353 g/mol. The van der Waals surface area contributed by atoms with Crippen molar-refractivity contribution in [2.45, 2.75) is 0 Å². The van der Waals surface area contributed by atoms with Crippen molar-refractivity contribution >= 4 is 34.2 Å². The Morgan fingerprint density at radius 1 is 1.11 bits per heavy atom. The summed E-state index contributed by atoms with van der Waals surface area (Å²) in [7, 11) is 1.60. The van der Waals surface area contributed by atoms with Crippen LogP contribution in [-0.2, 0) is 0 Å². The van der Waals surface area contributed by atoms with Gasteiger partial charge in [0, 0.05) is 9.13 Å². The molecule has 2 rings (SSSR count). The third kappa shape index (κ3) is 3.01. The van der Waals surface area contributed by atoms with Gasteiger partial charge in [0.05, 0.1) is 12.8 Å². The number of para-hydroxylation sites is 1. The molecular weight excluding hydrogens is 341 g/mol. The Bertz CT molecular complexity index is 552. The summed E-state index contributed by atoms with van der Waals surface area (Å²) < 4.78 is 6.06. The molecule has 0 fully saturated rings. The molecule has 0 saturated heterocycles. The van der Waals surface area contributed by atoms with Crippen LogP contribution in [0.5, 0.6) is 5.75 Å². The lowest BCUT2D eigenvalue weighted by Gasteiger charge is -2.07. The number of carbonyl (C=O) groups excluding carboxylic acids is 1. The van der Waals surface area contributed by atoms with Crippen LogP contribution in [0.15, 0.2) is 48.5 Å². The SMILES string of the molecule is COc1ccc(C(=O)Nc2ccccc2I)cc1. The van der Waals surface area contributed by atoms with Crippen LogP contribution < -0.4 is 10.1 Å². The minimum Gasteiger partial charge on any atom is -0.497 e. The molecule has 0 aliphatic heterocycles. The van der Waals surface area contributed by atoms with Gasteiger partial charge in [0.25, 0.3) is 5.91 Å². The highest BCUT2D eigenvalue weighted by molar-refractivity contribution is 14.1. The van der Waals surface area contributed by atoms with Crippen molar-refractivity contribution in [1.82, 2.24) is 0 Å². The van der Waals surface area contributed by atoms with E-state index in [1.807, 2.05) is 24.3 Å². The van der Waals surface area contributed by atoms with E-state index < -0.39 is 0 Å². The van der Waals surface area contributed by atoms with Gasteiger partial charge in [0.15, 0.2) is 0 Å². The van der Waals surface area contributed by atoms with Crippen LogP contribution in [0.4, 0.5) is 5.69 Å². The molecule has 0 unspecified atom stereocenters. The number of hydrogen-bond acceptors (Lipinski definition) is 2. The van der Waals surface area contributed by atoms with Crippen LogP contribution in [0, 0.1) is 3.57 Å². The van der Waals surface area contributed by atoms with Gasteiger partial charge in [0.1, 0.15) is 5.75 Å². The van der Waals surface area contributed by atoms with Crippen LogP contribution >= 0.6 is 22.6 Å². The molecule has 4 heteroatoms. The lowest BCUT2D eigenvalue weighted by atomic mass is 10.2. The van der Waals surface area contributed by atoms with Gasteiger partial charge >= 0.3 is 0 Å². The van der Waals surface area contributed by atoms with Crippen LogP contribution in [0.25, 0.3) is 0 Å². The van der Waals surface area contributed by atoms with Crippen molar-refractivity contribution in [3.05, 3.63) is 57.7 Å². The van der Waals surface area contributed by atoms with Gasteiger partial charge in [-0.25, -0.2) is 0 Å². The Morgan fingerprint density at radius 3 is 2.39 bits per heavy atom. The van der Waals surface area contributed by atoms with E-state index in [1.165, 1.54) is 0 Å². The number of hydrogen-bond donors (Lipinski definition) is 1. The molecule has 3 nitrogen and oxygen atoms in total. The summed E-state index contributed by atoms with van der Waals surface area (Å²) in [5.74, 6) is 0.614. The Hall–Kier alpha value is -1.56. The number of carbonyl (C=O) groups is 1. The first-order valence-corrected chi connectivity index (χ1v) is 6.48. The van der Waals surface area contributed by atoms with E-state index in [9.17, 15) is 4.79 Å². The molecule has 0 aliphatic carbocycles. The van der Waals surface area contributed by atoms with E-state index in [1.54, 1.807) is 31.4 Å². The normalized spacial score (nSPS) is 9.89. The maximum atomic E-state index is 12.0. The predicted octanol–water partition coefficient (Wildman–Crippen LogP) is 3.55. The average Bonchev–Trinajstić information content (AvgIpc) is 2.41. The highest BCUT2D eigenvalue weighted by atomic mass is 127. The number of anilines is 1. The second kappa shape index (κ2) is 5.86. The maximum Gasteiger partial charge on any atom is 0.255 e. The number of rotatable bonds is 3. The Morgan fingerprint density at radius 2 is 1.78 bits per heavy atom. The second-order valence-corrected chi connectivity index (χ2v) is 4.82. The maximum absolute atomic E-state index is 12.0. The fourth-order valence-corrected chi connectivity index (χ4v) is 2.02. The summed E-state index contributed by atoms with van der Waals surface area (Å²) in [6.45, 7) is 0. The second-order valence-electron chi connectivity index (χ2n) is 3.66. The summed E-state index contributed by atoms with van der Waals surface area (Å²) in [6, 6.07) is 14.7. The molecule has 1 N–H and O–H groups in total. The quantitative estimate of drug-likeness (QED) is 0.857. The largest absolute Gasteiger partial charge is 0.497 e. The Balaban J connectivity index is 2.14. The first-order chi connectivity index (χ1) is 8.70. The van der Waals surface area contributed by atoms with Crippen molar-refractivity contribution in [1.29, 1.82) is 0 Å². The number of nitrogens with one attached hydrogen (secondary N) is 1. The lowest BCUT2D eigenvalue weighted by Crippen LogP contribution is -2.12. The smallest absolute Gasteiger partial charge is 0.255 e. The molecule has 0 aliphatic rings.